The Bertz CT molecular complexity index is 1230. The van der Waals surface area contributed by atoms with E-state index < -0.39 is 28.0 Å². The maximum atomic E-state index is 13.7. The molecule has 174 valence electrons. The summed E-state index contributed by atoms with van der Waals surface area (Å²) in [5.74, 6) is -1.59. The molecule has 0 amide bonds. The van der Waals surface area contributed by atoms with E-state index >= 15 is 0 Å². The van der Waals surface area contributed by atoms with Crippen molar-refractivity contribution in [3.8, 4) is 17.6 Å². The average Bonchev–Trinajstić information content (AvgIpc) is 3.11. The fraction of sp³-hybridized carbons (Fsp3) is 0.304. The Morgan fingerprint density at radius 1 is 1.12 bits per heavy atom. The summed E-state index contributed by atoms with van der Waals surface area (Å²) in [5.41, 5.74) is 7.29. The lowest BCUT2D eigenvalue weighted by atomic mass is 9.90. The van der Waals surface area contributed by atoms with Crippen molar-refractivity contribution in [1.29, 1.82) is 5.26 Å². The molecule has 0 saturated heterocycles. The van der Waals surface area contributed by atoms with Gasteiger partial charge in [0.1, 0.15) is 11.7 Å². The summed E-state index contributed by atoms with van der Waals surface area (Å²) in [7, 11) is -1.34. The van der Waals surface area contributed by atoms with Gasteiger partial charge < -0.3 is 19.9 Å². The van der Waals surface area contributed by atoms with E-state index in [1.165, 1.54) is 26.4 Å². The first-order valence-electron chi connectivity index (χ1n) is 10.1. The third-order valence-corrected chi connectivity index (χ3v) is 7.19. The number of nitrogens with zero attached hydrogens (tertiary/aromatic N) is 2. The minimum Gasteiger partial charge on any atom is -0.493 e. The van der Waals surface area contributed by atoms with Crippen molar-refractivity contribution in [2.45, 2.75) is 24.8 Å². The highest BCUT2D eigenvalue weighted by Crippen LogP contribution is 2.47. The highest BCUT2D eigenvalue weighted by Gasteiger charge is 2.51. The summed E-state index contributed by atoms with van der Waals surface area (Å²) in [6.45, 7) is 3.51. The van der Waals surface area contributed by atoms with Gasteiger partial charge in [0.2, 0.25) is 0 Å². The molecule has 1 aliphatic heterocycles. The van der Waals surface area contributed by atoms with Gasteiger partial charge in [0.15, 0.2) is 11.5 Å². The van der Waals surface area contributed by atoms with Crippen molar-refractivity contribution in [2.24, 2.45) is 11.7 Å². The van der Waals surface area contributed by atoms with E-state index in [1.54, 1.807) is 37.3 Å². The normalized spacial score (nSPS) is 18.1. The Morgan fingerprint density at radius 2 is 1.76 bits per heavy atom. The van der Waals surface area contributed by atoms with Crippen LogP contribution in [0.3, 0.4) is 0 Å². The number of nitrogens with two attached hydrogens (primary N) is 1. The molecule has 10 heteroatoms. The van der Waals surface area contributed by atoms with Crippen molar-refractivity contribution < 1.29 is 27.4 Å². The SMILES string of the molecule is CCOC(=O)C1C(C#N)=C(N)N(S(=O)(=O)c2ccc(C)cc2)C1c1ccc(OC)c(OC)c1. The molecular weight excluding hydrogens is 446 g/mol. The topological polar surface area (TPSA) is 132 Å². The van der Waals surface area contributed by atoms with Gasteiger partial charge in [-0.1, -0.05) is 23.8 Å². The minimum atomic E-state index is -4.24. The van der Waals surface area contributed by atoms with Crippen LogP contribution in [0.1, 0.15) is 24.1 Å². The van der Waals surface area contributed by atoms with Gasteiger partial charge in [0.05, 0.1) is 43.4 Å². The van der Waals surface area contributed by atoms with Gasteiger partial charge in [-0.05, 0) is 43.7 Å². The van der Waals surface area contributed by atoms with Crippen LogP contribution in [-0.2, 0) is 19.6 Å². The van der Waals surface area contributed by atoms with Gasteiger partial charge >= 0.3 is 5.97 Å². The first-order valence-corrected chi connectivity index (χ1v) is 11.5. The van der Waals surface area contributed by atoms with E-state index in [1.807, 2.05) is 13.0 Å². The molecule has 1 heterocycles. The molecule has 1 aliphatic rings. The number of ether oxygens (including phenoxy) is 3. The van der Waals surface area contributed by atoms with Crippen LogP contribution in [0.5, 0.6) is 11.5 Å². The Hall–Kier alpha value is -3.71. The highest BCUT2D eigenvalue weighted by atomic mass is 32.2. The van der Waals surface area contributed by atoms with Crippen LogP contribution < -0.4 is 15.2 Å². The molecule has 0 fully saturated rings. The lowest BCUT2D eigenvalue weighted by Gasteiger charge is -2.30. The van der Waals surface area contributed by atoms with Gasteiger partial charge in [-0.2, -0.15) is 5.26 Å². The van der Waals surface area contributed by atoms with Gasteiger partial charge in [0, 0.05) is 0 Å². The summed E-state index contributed by atoms with van der Waals surface area (Å²) in [5, 5.41) is 9.80. The van der Waals surface area contributed by atoms with Crippen LogP contribution in [0, 0.1) is 24.2 Å². The number of sulfonamides is 1. The number of hydrogen-bond donors (Lipinski definition) is 1. The number of carbonyl (C=O) groups is 1. The van der Waals surface area contributed by atoms with Crippen LogP contribution >= 0.6 is 0 Å². The number of esters is 1. The third kappa shape index (κ3) is 4.19. The molecule has 33 heavy (non-hydrogen) atoms. The molecule has 2 atom stereocenters. The highest BCUT2D eigenvalue weighted by molar-refractivity contribution is 7.89. The number of hydrogen-bond acceptors (Lipinski definition) is 8. The van der Waals surface area contributed by atoms with Crippen molar-refractivity contribution >= 4 is 16.0 Å². The molecule has 0 saturated carbocycles. The van der Waals surface area contributed by atoms with Crippen LogP contribution in [0.4, 0.5) is 0 Å². The van der Waals surface area contributed by atoms with Crippen LogP contribution in [0.2, 0.25) is 0 Å². The van der Waals surface area contributed by atoms with E-state index in [0.717, 1.165) is 9.87 Å². The summed E-state index contributed by atoms with van der Waals surface area (Å²) < 4.78 is 44.1. The molecule has 9 nitrogen and oxygen atoms in total. The van der Waals surface area contributed by atoms with E-state index in [2.05, 4.69) is 0 Å². The lowest BCUT2D eigenvalue weighted by molar-refractivity contribution is -0.147. The average molecular weight is 472 g/mol. The molecule has 2 aromatic carbocycles. The lowest BCUT2D eigenvalue weighted by Crippen LogP contribution is -2.37. The quantitative estimate of drug-likeness (QED) is 0.610. The molecule has 0 aliphatic carbocycles. The molecule has 2 N–H and O–H groups in total. The van der Waals surface area contributed by atoms with Crippen LogP contribution in [0.25, 0.3) is 0 Å². The number of benzene rings is 2. The zero-order valence-electron chi connectivity index (χ0n) is 18.7. The van der Waals surface area contributed by atoms with E-state index in [9.17, 15) is 18.5 Å². The number of rotatable bonds is 7. The Morgan fingerprint density at radius 3 is 2.30 bits per heavy atom. The fourth-order valence-corrected chi connectivity index (χ4v) is 5.40. The van der Waals surface area contributed by atoms with Gasteiger partial charge in [-0.25, -0.2) is 12.7 Å². The summed E-state index contributed by atoms with van der Waals surface area (Å²) in [6.07, 6.45) is 0. The van der Waals surface area contributed by atoms with E-state index in [4.69, 9.17) is 19.9 Å². The first kappa shape index (κ1) is 23.9. The minimum absolute atomic E-state index is 0.0247. The zero-order valence-corrected chi connectivity index (χ0v) is 19.5. The third-order valence-electron chi connectivity index (χ3n) is 5.38. The van der Waals surface area contributed by atoms with Gasteiger partial charge in [-0.15, -0.1) is 0 Å². The summed E-state index contributed by atoms with van der Waals surface area (Å²) in [4.78, 5) is 12.9. The second-order valence-electron chi connectivity index (χ2n) is 7.31. The molecule has 3 rings (SSSR count). The molecule has 0 bridgehead atoms. The molecule has 0 aromatic heterocycles. The van der Waals surface area contributed by atoms with Crippen LogP contribution in [-0.4, -0.2) is 39.5 Å². The Kier molecular flexibility index (Phi) is 6.84. The number of aryl methyl sites for hydroxylation is 1. The smallest absolute Gasteiger partial charge is 0.316 e. The van der Waals surface area contributed by atoms with Crippen molar-refractivity contribution in [2.75, 3.05) is 20.8 Å². The predicted octanol–water partition coefficient (Wildman–Crippen LogP) is 2.63. The predicted molar refractivity (Wildman–Crippen MR) is 119 cm³/mol. The van der Waals surface area contributed by atoms with Crippen molar-refractivity contribution in [3.05, 3.63) is 65.0 Å². The van der Waals surface area contributed by atoms with Crippen molar-refractivity contribution in [1.82, 2.24) is 4.31 Å². The van der Waals surface area contributed by atoms with Gasteiger partial charge in [-0.3, -0.25) is 4.79 Å². The number of carbonyl (C=O) groups excluding carboxylic acids is 1. The maximum absolute atomic E-state index is 13.7. The molecule has 2 aromatic rings. The Balaban J connectivity index is 2.27. The monoisotopic (exact) mass is 471 g/mol. The zero-order chi connectivity index (χ0) is 24.3. The van der Waals surface area contributed by atoms with Crippen molar-refractivity contribution in [3.63, 3.8) is 0 Å². The maximum Gasteiger partial charge on any atom is 0.316 e. The van der Waals surface area contributed by atoms with Crippen LogP contribution in [0.15, 0.2) is 58.8 Å². The number of methoxy groups -OCH3 is 2. The van der Waals surface area contributed by atoms with Gasteiger partial charge in [0.25, 0.3) is 10.0 Å². The Labute approximate surface area is 193 Å². The number of nitriles is 1. The second-order valence-corrected chi connectivity index (χ2v) is 9.13. The molecule has 0 spiro atoms. The van der Waals surface area contributed by atoms with E-state index in [0.29, 0.717) is 17.1 Å². The van der Waals surface area contributed by atoms with E-state index in [-0.39, 0.29) is 22.9 Å². The summed E-state index contributed by atoms with van der Waals surface area (Å²) in [6, 6.07) is 11.7. The second kappa shape index (κ2) is 9.42. The standard InChI is InChI=1S/C23H25N3O6S/c1-5-32-23(27)20-17(13-24)22(25)26(33(28,29)16-9-6-14(2)7-10-16)21(20)15-8-11-18(30-3)19(12-15)31-4/h6-12,20-21H,5,25H2,1-4H3. The largest absolute Gasteiger partial charge is 0.493 e. The molecule has 0 radical (unpaired) electrons. The molecule has 2 unspecified atom stereocenters. The first-order chi connectivity index (χ1) is 15.7. The summed E-state index contributed by atoms with van der Waals surface area (Å²) >= 11 is 0. The fourth-order valence-electron chi connectivity index (χ4n) is 3.79. The molecular formula is C23H25N3O6S.